The first-order valence-electron chi connectivity index (χ1n) is 6.48. The minimum atomic E-state index is -0.443. The molecule has 0 aliphatic rings. The molecule has 0 radical (unpaired) electrons. The Hall–Kier alpha value is -2.24. The van der Waals surface area contributed by atoms with Crippen LogP contribution >= 0.6 is 0 Å². The van der Waals surface area contributed by atoms with Gasteiger partial charge in [0, 0.05) is 23.2 Å². The third-order valence-electron chi connectivity index (χ3n) is 3.26. The van der Waals surface area contributed by atoms with Crippen molar-refractivity contribution < 1.29 is 10.0 Å². The molecule has 0 aliphatic carbocycles. The lowest BCUT2D eigenvalue weighted by Crippen LogP contribution is -2.32. The lowest BCUT2D eigenvalue weighted by molar-refractivity contribution is 0.100. The molecule has 0 fully saturated rings. The quantitative estimate of drug-likeness (QED) is 0.200. The lowest BCUT2D eigenvalue weighted by Gasteiger charge is -2.22. The molecule has 0 aromatic heterocycles. The molecule has 6 nitrogen and oxygen atoms in total. The summed E-state index contributed by atoms with van der Waals surface area (Å²) in [7, 11) is 0. The molecule has 6 heteroatoms. The molecule has 1 rings (SSSR count). The molecule has 0 saturated heterocycles. The Kier molecular flexibility index (Phi) is 5.37. The summed E-state index contributed by atoms with van der Waals surface area (Å²) in [5.74, 6) is -0.213. The van der Waals surface area contributed by atoms with Crippen molar-refractivity contribution in [2.75, 3.05) is 11.9 Å². The summed E-state index contributed by atoms with van der Waals surface area (Å²) in [6.45, 7) is 4.58. The second-order valence-corrected chi connectivity index (χ2v) is 5.34. The Balaban J connectivity index is 2.46. The van der Waals surface area contributed by atoms with Crippen molar-refractivity contribution in [3.05, 3.63) is 29.8 Å². The number of anilines is 1. The standard InChI is InChI=1S/C14H22N4O2/c1-14(2,13(16)18-20)7-4-8-17-11-6-3-5-10(9-11)12(15)19/h3,5-6,9,17,20H,4,7-8H2,1-2H3,(H2,15,19)(H2,16,18). The Bertz CT molecular complexity index is 498. The molecule has 1 amide bonds. The van der Waals surface area contributed by atoms with Gasteiger partial charge in [-0.05, 0) is 31.0 Å². The number of carbonyl (C=O) groups is 1. The largest absolute Gasteiger partial charge is 0.409 e. The number of amidine groups is 1. The zero-order chi connectivity index (χ0) is 15.2. The molecule has 0 atom stereocenters. The highest BCUT2D eigenvalue weighted by Crippen LogP contribution is 2.22. The van der Waals surface area contributed by atoms with Crippen LogP contribution in [0.5, 0.6) is 0 Å². The van der Waals surface area contributed by atoms with E-state index >= 15 is 0 Å². The van der Waals surface area contributed by atoms with E-state index in [-0.39, 0.29) is 11.3 Å². The van der Waals surface area contributed by atoms with Crippen LogP contribution in [0.1, 0.15) is 37.0 Å². The van der Waals surface area contributed by atoms with Gasteiger partial charge in [-0.2, -0.15) is 0 Å². The molecule has 0 heterocycles. The minimum Gasteiger partial charge on any atom is -0.409 e. The fourth-order valence-electron chi connectivity index (χ4n) is 1.81. The number of oxime groups is 1. The van der Waals surface area contributed by atoms with Gasteiger partial charge in [-0.3, -0.25) is 4.79 Å². The molecule has 6 N–H and O–H groups in total. The maximum absolute atomic E-state index is 11.1. The summed E-state index contributed by atoms with van der Waals surface area (Å²) >= 11 is 0. The fraction of sp³-hybridized carbons (Fsp3) is 0.429. The van der Waals surface area contributed by atoms with E-state index in [1.165, 1.54) is 0 Å². The van der Waals surface area contributed by atoms with E-state index < -0.39 is 5.91 Å². The van der Waals surface area contributed by atoms with Crippen LogP contribution in [0.15, 0.2) is 29.4 Å². The molecule has 0 unspecified atom stereocenters. The van der Waals surface area contributed by atoms with Crippen LogP contribution in [-0.2, 0) is 0 Å². The topological polar surface area (TPSA) is 114 Å². The number of hydrogen-bond donors (Lipinski definition) is 4. The highest BCUT2D eigenvalue weighted by molar-refractivity contribution is 5.93. The van der Waals surface area contributed by atoms with Crippen molar-refractivity contribution in [2.24, 2.45) is 22.0 Å². The van der Waals surface area contributed by atoms with E-state index in [0.717, 1.165) is 25.1 Å². The van der Waals surface area contributed by atoms with Crippen LogP contribution in [-0.4, -0.2) is 23.5 Å². The number of benzene rings is 1. The molecule has 0 bridgehead atoms. The first-order chi connectivity index (χ1) is 9.36. The average Bonchev–Trinajstić information content (AvgIpc) is 2.43. The smallest absolute Gasteiger partial charge is 0.248 e. The molecule has 0 spiro atoms. The summed E-state index contributed by atoms with van der Waals surface area (Å²) < 4.78 is 0. The zero-order valence-corrected chi connectivity index (χ0v) is 11.9. The van der Waals surface area contributed by atoms with Crippen molar-refractivity contribution in [1.29, 1.82) is 0 Å². The van der Waals surface area contributed by atoms with Gasteiger partial charge in [0.2, 0.25) is 5.91 Å². The van der Waals surface area contributed by atoms with Gasteiger partial charge in [0.05, 0.1) is 0 Å². The lowest BCUT2D eigenvalue weighted by atomic mass is 9.86. The van der Waals surface area contributed by atoms with Gasteiger partial charge in [0.15, 0.2) is 0 Å². The molecule has 20 heavy (non-hydrogen) atoms. The highest BCUT2D eigenvalue weighted by atomic mass is 16.4. The molecule has 110 valence electrons. The van der Waals surface area contributed by atoms with Crippen molar-refractivity contribution in [1.82, 2.24) is 0 Å². The van der Waals surface area contributed by atoms with E-state index in [0.29, 0.717) is 5.56 Å². The Morgan fingerprint density at radius 1 is 1.40 bits per heavy atom. The number of nitrogens with one attached hydrogen (secondary N) is 1. The maximum Gasteiger partial charge on any atom is 0.248 e. The van der Waals surface area contributed by atoms with Gasteiger partial charge in [-0.15, -0.1) is 0 Å². The Morgan fingerprint density at radius 3 is 2.70 bits per heavy atom. The van der Waals surface area contributed by atoms with Gasteiger partial charge in [0.1, 0.15) is 5.84 Å². The SMILES string of the molecule is CC(C)(CCCNc1cccc(C(N)=O)c1)/C(N)=N/O. The fourth-order valence-corrected chi connectivity index (χ4v) is 1.81. The molecule has 0 aliphatic heterocycles. The first kappa shape index (κ1) is 15.8. The Labute approximate surface area is 118 Å². The molecule has 1 aromatic carbocycles. The van der Waals surface area contributed by atoms with Gasteiger partial charge in [0.25, 0.3) is 0 Å². The minimum absolute atomic E-state index is 0.230. The monoisotopic (exact) mass is 278 g/mol. The second kappa shape index (κ2) is 6.79. The second-order valence-electron chi connectivity index (χ2n) is 5.34. The number of primary amides is 1. The number of nitrogens with zero attached hydrogens (tertiary/aromatic N) is 1. The average molecular weight is 278 g/mol. The number of amides is 1. The van der Waals surface area contributed by atoms with Crippen molar-refractivity contribution >= 4 is 17.4 Å². The third-order valence-corrected chi connectivity index (χ3v) is 3.26. The third kappa shape index (κ3) is 4.46. The highest BCUT2D eigenvalue weighted by Gasteiger charge is 2.22. The summed E-state index contributed by atoms with van der Waals surface area (Å²) in [6.07, 6.45) is 1.63. The Morgan fingerprint density at radius 2 is 2.10 bits per heavy atom. The van der Waals surface area contributed by atoms with Crippen molar-refractivity contribution in [3.63, 3.8) is 0 Å². The van der Waals surface area contributed by atoms with Crippen LogP contribution in [0, 0.1) is 5.41 Å². The van der Waals surface area contributed by atoms with Gasteiger partial charge in [-0.1, -0.05) is 25.1 Å². The first-order valence-corrected chi connectivity index (χ1v) is 6.48. The van der Waals surface area contributed by atoms with Crippen LogP contribution in [0.2, 0.25) is 0 Å². The van der Waals surface area contributed by atoms with Gasteiger partial charge < -0.3 is 22.0 Å². The predicted molar refractivity (Wildman–Crippen MR) is 79.9 cm³/mol. The van der Waals surface area contributed by atoms with E-state index in [1.54, 1.807) is 18.2 Å². The number of nitrogens with two attached hydrogens (primary N) is 2. The van der Waals surface area contributed by atoms with Gasteiger partial charge >= 0.3 is 0 Å². The molecule has 1 aromatic rings. The molecule has 0 saturated carbocycles. The van der Waals surface area contributed by atoms with Crippen LogP contribution in [0.25, 0.3) is 0 Å². The normalized spacial score (nSPS) is 12.2. The number of hydrogen-bond acceptors (Lipinski definition) is 4. The maximum atomic E-state index is 11.1. The summed E-state index contributed by atoms with van der Waals surface area (Å²) in [5, 5.41) is 15.0. The zero-order valence-electron chi connectivity index (χ0n) is 11.9. The van der Waals surface area contributed by atoms with E-state index in [4.69, 9.17) is 16.7 Å². The van der Waals surface area contributed by atoms with Gasteiger partial charge in [-0.25, -0.2) is 0 Å². The number of carbonyl (C=O) groups excluding carboxylic acids is 1. The van der Waals surface area contributed by atoms with Crippen LogP contribution < -0.4 is 16.8 Å². The van der Waals surface area contributed by atoms with Crippen LogP contribution in [0.3, 0.4) is 0 Å². The van der Waals surface area contributed by atoms with Crippen LogP contribution in [0.4, 0.5) is 5.69 Å². The molecular weight excluding hydrogens is 256 g/mol. The predicted octanol–water partition coefficient (Wildman–Crippen LogP) is 1.75. The van der Waals surface area contributed by atoms with E-state index in [1.807, 2.05) is 19.9 Å². The van der Waals surface area contributed by atoms with E-state index in [2.05, 4.69) is 10.5 Å². The summed E-state index contributed by atoms with van der Waals surface area (Å²) in [5.41, 5.74) is 11.8. The van der Waals surface area contributed by atoms with Crippen molar-refractivity contribution in [2.45, 2.75) is 26.7 Å². The molecular formula is C14H22N4O2. The van der Waals surface area contributed by atoms with Crippen molar-refractivity contribution in [3.8, 4) is 0 Å². The number of rotatable bonds is 7. The summed E-state index contributed by atoms with van der Waals surface area (Å²) in [4.78, 5) is 11.1. The van der Waals surface area contributed by atoms with E-state index in [9.17, 15) is 4.79 Å². The summed E-state index contributed by atoms with van der Waals surface area (Å²) in [6, 6.07) is 7.05.